The number of fused-ring (bicyclic) bond motifs is 1. The quantitative estimate of drug-likeness (QED) is 0.647. The highest BCUT2D eigenvalue weighted by Gasteiger charge is 2.10. The van der Waals surface area contributed by atoms with Crippen LogP contribution in [0.1, 0.15) is 18.4 Å². The van der Waals surface area contributed by atoms with E-state index in [2.05, 4.69) is 15.5 Å². The van der Waals surface area contributed by atoms with Gasteiger partial charge >= 0.3 is 0 Å². The van der Waals surface area contributed by atoms with E-state index in [0.717, 1.165) is 62.0 Å². The summed E-state index contributed by atoms with van der Waals surface area (Å²) < 4.78 is 5.33. The molecule has 0 unspecified atom stereocenters. The number of nitrogens with zero attached hydrogens (tertiary/aromatic N) is 1. The molecule has 1 saturated heterocycles. The SMILES string of the molecule is O=C(CNC(=O)Cc1cccc2ccccc12)NCCCCN1CCOCC1. The lowest BCUT2D eigenvalue weighted by atomic mass is 10.0. The number of carbonyl (C=O) groups excluding carboxylic acids is 2. The molecule has 0 saturated carbocycles. The molecule has 1 fully saturated rings. The topological polar surface area (TPSA) is 70.7 Å². The van der Waals surface area contributed by atoms with Gasteiger partial charge in [-0.2, -0.15) is 0 Å². The molecule has 2 N–H and O–H groups in total. The zero-order chi connectivity index (χ0) is 19.6. The summed E-state index contributed by atoms with van der Waals surface area (Å²) in [6, 6.07) is 13.9. The molecule has 0 aromatic heterocycles. The van der Waals surface area contributed by atoms with Crippen molar-refractivity contribution < 1.29 is 14.3 Å². The number of nitrogens with one attached hydrogen (secondary N) is 2. The maximum Gasteiger partial charge on any atom is 0.239 e. The minimum absolute atomic E-state index is 0.0209. The van der Waals surface area contributed by atoms with Gasteiger partial charge < -0.3 is 15.4 Å². The van der Waals surface area contributed by atoms with Crippen LogP contribution in [-0.4, -0.2) is 62.7 Å². The van der Waals surface area contributed by atoms with Gasteiger partial charge in [-0.25, -0.2) is 0 Å². The predicted octanol–water partition coefficient (Wildman–Crippen LogP) is 1.73. The minimum atomic E-state index is -0.141. The van der Waals surface area contributed by atoms with Gasteiger partial charge in [0.05, 0.1) is 26.2 Å². The molecule has 3 rings (SSSR count). The molecule has 0 bridgehead atoms. The fourth-order valence-electron chi connectivity index (χ4n) is 3.44. The van der Waals surface area contributed by atoms with Gasteiger partial charge in [-0.3, -0.25) is 14.5 Å². The van der Waals surface area contributed by atoms with E-state index in [4.69, 9.17) is 4.74 Å². The standard InChI is InChI=1S/C22H29N3O3/c26-21(16-19-8-5-7-18-6-1-2-9-20(18)19)24-17-22(27)23-10-3-4-11-25-12-14-28-15-13-25/h1-2,5-9H,3-4,10-17H2,(H,23,27)(H,24,26). The number of morpholine rings is 1. The number of ether oxygens (including phenoxy) is 1. The van der Waals surface area contributed by atoms with Crippen molar-refractivity contribution >= 4 is 22.6 Å². The van der Waals surface area contributed by atoms with Gasteiger partial charge in [0.2, 0.25) is 11.8 Å². The predicted molar refractivity (Wildman–Crippen MR) is 110 cm³/mol. The molecule has 1 aliphatic heterocycles. The second-order valence-corrected chi connectivity index (χ2v) is 7.10. The lowest BCUT2D eigenvalue weighted by molar-refractivity contribution is -0.125. The van der Waals surface area contributed by atoms with E-state index >= 15 is 0 Å². The molecule has 0 aliphatic carbocycles. The molecule has 2 aromatic carbocycles. The summed E-state index contributed by atoms with van der Waals surface area (Å²) in [5.41, 5.74) is 0.971. The Bertz CT molecular complexity index is 782. The van der Waals surface area contributed by atoms with Gasteiger partial charge in [0.25, 0.3) is 0 Å². The molecule has 6 heteroatoms. The van der Waals surface area contributed by atoms with E-state index in [0.29, 0.717) is 6.54 Å². The summed E-state index contributed by atoms with van der Waals surface area (Å²) in [5, 5.41) is 7.77. The summed E-state index contributed by atoms with van der Waals surface area (Å²) >= 11 is 0. The van der Waals surface area contributed by atoms with Gasteiger partial charge in [0.1, 0.15) is 0 Å². The molecular weight excluding hydrogens is 354 g/mol. The van der Waals surface area contributed by atoms with Crippen molar-refractivity contribution in [3.05, 3.63) is 48.0 Å². The van der Waals surface area contributed by atoms with Gasteiger partial charge in [0, 0.05) is 19.6 Å². The molecule has 6 nitrogen and oxygen atoms in total. The third-order valence-corrected chi connectivity index (χ3v) is 5.00. The molecule has 1 heterocycles. The molecular formula is C22H29N3O3. The molecule has 150 valence electrons. The van der Waals surface area contributed by atoms with Crippen LogP contribution in [0, 0.1) is 0 Å². The first-order chi connectivity index (χ1) is 13.7. The Hall–Kier alpha value is -2.44. The highest BCUT2D eigenvalue weighted by molar-refractivity contribution is 5.91. The molecule has 2 aromatic rings. The summed E-state index contributed by atoms with van der Waals surface area (Å²) in [6.45, 7) is 5.32. The second kappa shape index (κ2) is 10.8. The van der Waals surface area contributed by atoms with Crippen molar-refractivity contribution in [1.29, 1.82) is 0 Å². The van der Waals surface area contributed by atoms with Gasteiger partial charge in [0.15, 0.2) is 0 Å². The van der Waals surface area contributed by atoms with Crippen LogP contribution in [-0.2, 0) is 20.7 Å². The first-order valence-electron chi connectivity index (χ1n) is 10.0. The number of hydrogen-bond donors (Lipinski definition) is 2. The van der Waals surface area contributed by atoms with Gasteiger partial charge in [-0.15, -0.1) is 0 Å². The first-order valence-corrected chi connectivity index (χ1v) is 10.0. The van der Waals surface area contributed by atoms with Crippen LogP contribution in [0.4, 0.5) is 0 Å². The molecule has 0 spiro atoms. The van der Waals surface area contributed by atoms with Crippen molar-refractivity contribution in [3.8, 4) is 0 Å². The molecule has 2 amide bonds. The fraction of sp³-hybridized carbons (Fsp3) is 0.455. The van der Waals surface area contributed by atoms with Crippen molar-refractivity contribution in [3.63, 3.8) is 0 Å². The molecule has 28 heavy (non-hydrogen) atoms. The Balaban J connectivity index is 1.31. The molecule has 0 radical (unpaired) electrons. The number of carbonyl (C=O) groups is 2. The highest BCUT2D eigenvalue weighted by Crippen LogP contribution is 2.18. The van der Waals surface area contributed by atoms with Crippen LogP contribution in [0.15, 0.2) is 42.5 Å². The van der Waals surface area contributed by atoms with Crippen LogP contribution in [0.3, 0.4) is 0 Å². The Kier molecular flexibility index (Phi) is 7.82. The third kappa shape index (κ3) is 6.32. The Morgan fingerprint density at radius 1 is 0.929 bits per heavy atom. The number of unbranched alkanes of at least 4 members (excludes halogenated alkanes) is 1. The zero-order valence-electron chi connectivity index (χ0n) is 16.3. The van der Waals surface area contributed by atoms with E-state index in [9.17, 15) is 9.59 Å². The van der Waals surface area contributed by atoms with Crippen molar-refractivity contribution in [2.75, 3.05) is 45.9 Å². The summed E-state index contributed by atoms with van der Waals surface area (Å²) in [5.74, 6) is -0.281. The average molecular weight is 383 g/mol. The van der Waals surface area contributed by atoms with Gasteiger partial charge in [-0.05, 0) is 35.7 Å². The van der Waals surface area contributed by atoms with Crippen LogP contribution in [0.5, 0.6) is 0 Å². The number of benzene rings is 2. The third-order valence-electron chi connectivity index (χ3n) is 5.00. The maximum atomic E-state index is 12.2. The van der Waals surface area contributed by atoms with E-state index in [1.165, 1.54) is 0 Å². The summed E-state index contributed by atoms with van der Waals surface area (Å²) in [7, 11) is 0. The van der Waals surface area contributed by atoms with E-state index in [-0.39, 0.29) is 24.8 Å². The number of rotatable bonds is 9. The Morgan fingerprint density at radius 2 is 1.71 bits per heavy atom. The minimum Gasteiger partial charge on any atom is -0.379 e. The van der Waals surface area contributed by atoms with Crippen molar-refractivity contribution in [1.82, 2.24) is 15.5 Å². The first kappa shape index (κ1) is 20.3. The lowest BCUT2D eigenvalue weighted by Gasteiger charge is -2.26. The number of amides is 2. The lowest BCUT2D eigenvalue weighted by Crippen LogP contribution is -2.38. The monoisotopic (exact) mass is 383 g/mol. The largest absolute Gasteiger partial charge is 0.379 e. The Morgan fingerprint density at radius 3 is 2.57 bits per heavy atom. The average Bonchev–Trinajstić information content (AvgIpc) is 2.73. The Labute approximate surface area is 166 Å². The van der Waals surface area contributed by atoms with Gasteiger partial charge in [-0.1, -0.05) is 42.5 Å². The van der Waals surface area contributed by atoms with Crippen LogP contribution >= 0.6 is 0 Å². The van der Waals surface area contributed by atoms with E-state index in [1.54, 1.807) is 0 Å². The van der Waals surface area contributed by atoms with Crippen LogP contribution < -0.4 is 10.6 Å². The molecule has 0 atom stereocenters. The van der Waals surface area contributed by atoms with Crippen molar-refractivity contribution in [2.24, 2.45) is 0 Å². The smallest absolute Gasteiger partial charge is 0.239 e. The summed E-state index contributed by atoms with van der Waals surface area (Å²) in [6.07, 6.45) is 2.26. The van der Waals surface area contributed by atoms with Crippen LogP contribution in [0.2, 0.25) is 0 Å². The molecule has 1 aliphatic rings. The van der Waals surface area contributed by atoms with Crippen LogP contribution in [0.25, 0.3) is 10.8 Å². The zero-order valence-corrected chi connectivity index (χ0v) is 16.3. The highest BCUT2D eigenvalue weighted by atomic mass is 16.5. The second-order valence-electron chi connectivity index (χ2n) is 7.10. The number of hydrogen-bond acceptors (Lipinski definition) is 4. The van der Waals surface area contributed by atoms with Crippen molar-refractivity contribution in [2.45, 2.75) is 19.3 Å². The maximum absolute atomic E-state index is 12.2. The van der Waals surface area contributed by atoms with E-state index < -0.39 is 0 Å². The summed E-state index contributed by atoms with van der Waals surface area (Å²) in [4.78, 5) is 26.5. The fourth-order valence-corrected chi connectivity index (χ4v) is 3.44. The van der Waals surface area contributed by atoms with E-state index in [1.807, 2.05) is 42.5 Å². The normalized spacial score (nSPS) is 14.7.